The fourth-order valence-corrected chi connectivity index (χ4v) is 1.79. The summed E-state index contributed by atoms with van der Waals surface area (Å²) in [5, 5.41) is 15.4. The zero-order valence-electron chi connectivity index (χ0n) is 8.42. The standard InChI is InChI=1S/C11H12N2O2/c1-9-7-11(15,13(8-14)12-9)10-5-3-2-4-6-10/h2-6,8,15H,7H2,1H3/t11-/m0/s1. The fourth-order valence-electron chi connectivity index (χ4n) is 1.79. The molecule has 4 heteroatoms. The van der Waals surface area contributed by atoms with Crippen molar-refractivity contribution in [2.75, 3.05) is 0 Å². The maximum Gasteiger partial charge on any atom is 0.232 e. The summed E-state index contributed by atoms with van der Waals surface area (Å²) in [6, 6.07) is 9.07. The number of hydrazone groups is 1. The van der Waals surface area contributed by atoms with Crippen LogP contribution in [-0.2, 0) is 10.5 Å². The molecule has 15 heavy (non-hydrogen) atoms. The van der Waals surface area contributed by atoms with E-state index in [1.807, 2.05) is 18.2 Å². The predicted octanol–water partition coefficient (Wildman–Crippen LogP) is 1.07. The van der Waals surface area contributed by atoms with Crippen LogP contribution in [0.3, 0.4) is 0 Å². The molecule has 1 amide bonds. The van der Waals surface area contributed by atoms with E-state index in [1.165, 1.54) is 0 Å². The first kappa shape index (κ1) is 9.86. The number of hydrogen-bond acceptors (Lipinski definition) is 3. The molecule has 0 bridgehead atoms. The molecular formula is C11H12N2O2. The number of amides is 1. The molecule has 0 saturated heterocycles. The summed E-state index contributed by atoms with van der Waals surface area (Å²) < 4.78 is 0. The van der Waals surface area contributed by atoms with Crippen molar-refractivity contribution in [3.05, 3.63) is 35.9 Å². The van der Waals surface area contributed by atoms with E-state index in [4.69, 9.17) is 0 Å². The van der Waals surface area contributed by atoms with E-state index in [0.717, 1.165) is 10.7 Å². The van der Waals surface area contributed by atoms with Crippen molar-refractivity contribution in [2.45, 2.75) is 19.1 Å². The third-order valence-corrected chi connectivity index (χ3v) is 2.50. The molecule has 1 heterocycles. The Morgan fingerprint density at radius 3 is 2.73 bits per heavy atom. The van der Waals surface area contributed by atoms with Gasteiger partial charge in [-0.1, -0.05) is 30.3 Å². The number of nitrogens with zero attached hydrogens (tertiary/aromatic N) is 2. The highest BCUT2D eigenvalue weighted by atomic mass is 16.3. The molecule has 4 nitrogen and oxygen atoms in total. The second-order valence-corrected chi connectivity index (χ2v) is 3.64. The first-order chi connectivity index (χ1) is 7.16. The van der Waals surface area contributed by atoms with Crippen LogP contribution in [0.15, 0.2) is 35.4 Å². The van der Waals surface area contributed by atoms with E-state index in [0.29, 0.717) is 18.4 Å². The minimum atomic E-state index is -1.31. The summed E-state index contributed by atoms with van der Waals surface area (Å²) in [7, 11) is 0. The van der Waals surface area contributed by atoms with Gasteiger partial charge in [-0.25, -0.2) is 0 Å². The number of carbonyl (C=O) groups excluding carboxylic acids is 1. The number of benzene rings is 1. The van der Waals surface area contributed by atoms with E-state index in [-0.39, 0.29) is 0 Å². The van der Waals surface area contributed by atoms with Gasteiger partial charge in [0.15, 0.2) is 5.72 Å². The second-order valence-electron chi connectivity index (χ2n) is 3.64. The Bertz CT molecular complexity index is 402. The molecule has 0 radical (unpaired) electrons. The number of rotatable bonds is 2. The Morgan fingerprint density at radius 2 is 2.13 bits per heavy atom. The molecule has 1 aromatic rings. The van der Waals surface area contributed by atoms with Gasteiger partial charge in [-0.05, 0) is 6.92 Å². The summed E-state index contributed by atoms with van der Waals surface area (Å²) in [5.74, 6) is 0. The molecule has 1 atom stereocenters. The predicted molar refractivity (Wildman–Crippen MR) is 56.0 cm³/mol. The van der Waals surface area contributed by atoms with Crippen LogP contribution >= 0.6 is 0 Å². The van der Waals surface area contributed by atoms with Gasteiger partial charge in [-0.2, -0.15) is 10.1 Å². The van der Waals surface area contributed by atoms with Crippen molar-refractivity contribution in [2.24, 2.45) is 5.10 Å². The topological polar surface area (TPSA) is 52.9 Å². The molecule has 0 aliphatic carbocycles. The average molecular weight is 204 g/mol. The minimum absolute atomic E-state index is 0.357. The summed E-state index contributed by atoms with van der Waals surface area (Å²) in [6.07, 6.45) is 0.902. The largest absolute Gasteiger partial charge is 0.365 e. The third kappa shape index (κ3) is 1.53. The van der Waals surface area contributed by atoms with Gasteiger partial charge in [0.25, 0.3) is 0 Å². The first-order valence-corrected chi connectivity index (χ1v) is 4.73. The Morgan fingerprint density at radius 1 is 1.47 bits per heavy atom. The van der Waals surface area contributed by atoms with Crippen LogP contribution in [0.25, 0.3) is 0 Å². The van der Waals surface area contributed by atoms with Gasteiger partial charge in [0.1, 0.15) is 0 Å². The van der Waals surface area contributed by atoms with Crippen LogP contribution < -0.4 is 0 Å². The molecule has 0 unspecified atom stereocenters. The zero-order chi connectivity index (χ0) is 10.9. The van der Waals surface area contributed by atoms with E-state index >= 15 is 0 Å². The van der Waals surface area contributed by atoms with Crippen molar-refractivity contribution < 1.29 is 9.90 Å². The summed E-state index contributed by atoms with van der Waals surface area (Å²) in [5.41, 5.74) is 0.110. The monoisotopic (exact) mass is 204 g/mol. The molecule has 0 aromatic heterocycles. The van der Waals surface area contributed by atoms with Crippen molar-refractivity contribution in [1.29, 1.82) is 0 Å². The van der Waals surface area contributed by atoms with Gasteiger partial charge in [0.2, 0.25) is 6.41 Å². The van der Waals surface area contributed by atoms with Crippen LogP contribution in [0.5, 0.6) is 0 Å². The highest BCUT2D eigenvalue weighted by Gasteiger charge is 2.41. The number of hydrogen-bond donors (Lipinski definition) is 1. The van der Waals surface area contributed by atoms with Crippen LogP contribution in [0.4, 0.5) is 0 Å². The Balaban J connectivity index is 2.40. The van der Waals surface area contributed by atoms with Gasteiger partial charge in [-0.3, -0.25) is 4.79 Å². The third-order valence-electron chi connectivity index (χ3n) is 2.50. The molecule has 0 fully saturated rings. The molecule has 0 saturated carbocycles. The van der Waals surface area contributed by atoms with Crippen LogP contribution in [0.1, 0.15) is 18.9 Å². The lowest BCUT2D eigenvalue weighted by atomic mass is 9.98. The lowest BCUT2D eigenvalue weighted by molar-refractivity contribution is -0.143. The van der Waals surface area contributed by atoms with Crippen molar-refractivity contribution in [3.63, 3.8) is 0 Å². The van der Waals surface area contributed by atoms with E-state index in [9.17, 15) is 9.90 Å². The number of aliphatic hydroxyl groups is 1. The van der Waals surface area contributed by atoms with E-state index < -0.39 is 5.72 Å². The molecule has 1 N–H and O–H groups in total. The summed E-state index contributed by atoms with van der Waals surface area (Å²) >= 11 is 0. The highest BCUT2D eigenvalue weighted by Crippen LogP contribution is 2.33. The second kappa shape index (κ2) is 3.47. The van der Waals surface area contributed by atoms with Gasteiger partial charge in [-0.15, -0.1) is 0 Å². The average Bonchev–Trinajstić information content (AvgIpc) is 2.56. The van der Waals surface area contributed by atoms with Gasteiger partial charge < -0.3 is 5.11 Å². The van der Waals surface area contributed by atoms with Crippen LogP contribution in [-0.4, -0.2) is 22.2 Å². The van der Waals surface area contributed by atoms with Crippen molar-refractivity contribution >= 4 is 12.1 Å². The van der Waals surface area contributed by atoms with Crippen LogP contribution in [0, 0.1) is 0 Å². The van der Waals surface area contributed by atoms with Crippen molar-refractivity contribution in [3.8, 4) is 0 Å². The molecule has 1 aliphatic rings. The molecular weight excluding hydrogens is 192 g/mol. The Hall–Kier alpha value is -1.68. The Labute approximate surface area is 87.8 Å². The molecule has 0 spiro atoms. The van der Waals surface area contributed by atoms with Crippen molar-refractivity contribution in [1.82, 2.24) is 5.01 Å². The maximum atomic E-state index is 10.8. The lowest BCUT2D eigenvalue weighted by Gasteiger charge is -2.28. The lowest BCUT2D eigenvalue weighted by Crippen LogP contribution is -2.38. The summed E-state index contributed by atoms with van der Waals surface area (Å²) in [6.45, 7) is 1.79. The zero-order valence-corrected chi connectivity index (χ0v) is 8.42. The normalized spacial score (nSPS) is 25.2. The molecule has 1 aliphatic heterocycles. The molecule has 2 rings (SSSR count). The maximum absolute atomic E-state index is 10.8. The van der Waals surface area contributed by atoms with Gasteiger partial charge in [0.05, 0.1) is 0 Å². The van der Waals surface area contributed by atoms with Gasteiger partial charge >= 0.3 is 0 Å². The molecule has 1 aromatic carbocycles. The first-order valence-electron chi connectivity index (χ1n) is 4.73. The van der Waals surface area contributed by atoms with E-state index in [1.54, 1.807) is 19.1 Å². The SMILES string of the molecule is CC1=NN(C=O)[C@@](O)(c2ccccc2)C1. The quantitative estimate of drug-likeness (QED) is 0.732. The summed E-state index contributed by atoms with van der Waals surface area (Å²) in [4.78, 5) is 10.8. The molecule has 78 valence electrons. The number of carbonyl (C=O) groups is 1. The fraction of sp³-hybridized carbons (Fsp3) is 0.273. The van der Waals surface area contributed by atoms with Crippen LogP contribution in [0.2, 0.25) is 0 Å². The minimum Gasteiger partial charge on any atom is -0.365 e. The van der Waals surface area contributed by atoms with E-state index in [2.05, 4.69) is 5.10 Å². The highest BCUT2D eigenvalue weighted by molar-refractivity contribution is 5.85. The van der Waals surface area contributed by atoms with Gasteiger partial charge in [0, 0.05) is 17.7 Å². The smallest absolute Gasteiger partial charge is 0.232 e. The Kier molecular flexibility index (Phi) is 2.28.